The second kappa shape index (κ2) is 7.05. The maximum atomic E-state index is 5.45. The number of hydrogen-bond acceptors (Lipinski definition) is 4. The fourth-order valence-corrected chi connectivity index (χ4v) is 3.19. The summed E-state index contributed by atoms with van der Waals surface area (Å²) in [6, 6.07) is 12.5. The summed E-state index contributed by atoms with van der Waals surface area (Å²) < 4.78 is 10.8. The van der Waals surface area contributed by atoms with Crippen LogP contribution in [0, 0.1) is 6.92 Å². The predicted molar refractivity (Wildman–Crippen MR) is 102 cm³/mol. The summed E-state index contributed by atoms with van der Waals surface area (Å²) in [5, 5.41) is 0. The Morgan fingerprint density at radius 1 is 1.12 bits per heavy atom. The lowest BCUT2D eigenvalue weighted by Gasteiger charge is -2.11. The lowest BCUT2D eigenvalue weighted by Crippen LogP contribution is -2.07. The normalized spacial score (nSPS) is 12.6. The van der Waals surface area contributed by atoms with Gasteiger partial charge in [0.05, 0.1) is 0 Å². The number of anilines is 1. The van der Waals surface area contributed by atoms with E-state index in [9.17, 15) is 0 Å². The van der Waals surface area contributed by atoms with Crippen LogP contribution in [0.4, 0.5) is 5.69 Å². The number of ether oxygens (including phenoxy) is 2. The van der Waals surface area contributed by atoms with Crippen molar-refractivity contribution in [2.45, 2.75) is 11.8 Å². The van der Waals surface area contributed by atoms with E-state index < -0.39 is 0 Å². The van der Waals surface area contributed by atoms with E-state index in [2.05, 4.69) is 48.7 Å². The summed E-state index contributed by atoms with van der Waals surface area (Å²) in [4.78, 5) is 4.20. The standard InChI is InChI=1S/C20H21NO2S/c1-14-11-18-19(23-13-22-18)12-20(14)24-15(2)5-6-16-7-9-17(10-8-16)21(3)4/h5-12H,2,13H2,1,3-4H3/b6-5+. The Kier molecular flexibility index (Phi) is 4.86. The third-order valence-electron chi connectivity index (χ3n) is 3.78. The molecule has 0 atom stereocenters. The predicted octanol–water partition coefficient (Wildman–Crippen LogP) is 5.11. The number of thioether (sulfide) groups is 1. The maximum Gasteiger partial charge on any atom is 0.231 e. The monoisotopic (exact) mass is 339 g/mol. The Hall–Kier alpha value is -2.33. The Labute approximate surface area is 147 Å². The molecule has 0 aromatic heterocycles. The summed E-state index contributed by atoms with van der Waals surface area (Å²) in [6.45, 7) is 6.51. The lowest BCUT2D eigenvalue weighted by atomic mass is 10.2. The zero-order valence-electron chi connectivity index (χ0n) is 14.2. The van der Waals surface area contributed by atoms with Gasteiger partial charge >= 0.3 is 0 Å². The summed E-state index contributed by atoms with van der Waals surface area (Å²) in [6.07, 6.45) is 4.12. The van der Waals surface area contributed by atoms with Gasteiger partial charge in [-0.3, -0.25) is 0 Å². The molecule has 2 aromatic rings. The molecule has 0 saturated heterocycles. The zero-order chi connectivity index (χ0) is 17.1. The topological polar surface area (TPSA) is 21.7 Å². The van der Waals surface area contributed by atoms with Crippen molar-refractivity contribution in [1.82, 2.24) is 0 Å². The fraction of sp³-hybridized carbons (Fsp3) is 0.200. The average Bonchev–Trinajstić information content (AvgIpc) is 3.00. The van der Waals surface area contributed by atoms with Crippen LogP contribution in [0.15, 0.2) is 58.9 Å². The largest absolute Gasteiger partial charge is 0.454 e. The summed E-state index contributed by atoms with van der Waals surface area (Å²) >= 11 is 1.64. The van der Waals surface area contributed by atoms with Crippen LogP contribution in [0.3, 0.4) is 0 Å². The quantitative estimate of drug-likeness (QED) is 0.557. The molecule has 0 unspecified atom stereocenters. The Morgan fingerprint density at radius 3 is 2.46 bits per heavy atom. The van der Waals surface area contributed by atoms with Crippen LogP contribution in [0.1, 0.15) is 11.1 Å². The number of nitrogens with zero attached hydrogens (tertiary/aromatic N) is 1. The molecule has 0 N–H and O–H groups in total. The van der Waals surface area contributed by atoms with Crippen molar-refractivity contribution in [3.05, 3.63) is 65.1 Å². The van der Waals surface area contributed by atoms with Crippen molar-refractivity contribution in [2.24, 2.45) is 0 Å². The van der Waals surface area contributed by atoms with Gasteiger partial charge in [0.15, 0.2) is 11.5 Å². The van der Waals surface area contributed by atoms with Gasteiger partial charge < -0.3 is 14.4 Å². The van der Waals surface area contributed by atoms with Crippen molar-refractivity contribution < 1.29 is 9.47 Å². The van der Waals surface area contributed by atoms with E-state index in [0.29, 0.717) is 6.79 Å². The van der Waals surface area contributed by atoms with E-state index in [1.165, 1.54) is 5.69 Å². The van der Waals surface area contributed by atoms with Gasteiger partial charge in [-0.15, -0.1) is 0 Å². The molecule has 0 fully saturated rings. The van der Waals surface area contributed by atoms with Crippen LogP contribution >= 0.6 is 11.8 Å². The number of aryl methyl sites for hydroxylation is 1. The highest BCUT2D eigenvalue weighted by atomic mass is 32.2. The van der Waals surface area contributed by atoms with Crippen molar-refractivity contribution in [3.8, 4) is 11.5 Å². The minimum absolute atomic E-state index is 0.298. The third-order valence-corrected chi connectivity index (χ3v) is 4.84. The number of hydrogen-bond donors (Lipinski definition) is 0. The molecule has 1 aliphatic heterocycles. The van der Waals surface area contributed by atoms with Gasteiger partial charge in [0.1, 0.15) is 0 Å². The molecular formula is C20H21NO2S. The highest BCUT2D eigenvalue weighted by Gasteiger charge is 2.16. The fourth-order valence-electron chi connectivity index (χ4n) is 2.38. The van der Waals surface area contributed by atoms with Crippen molar-refractivity contribution in [2.75, 3.05) is 25.8 Å². The Morgan fingerprint density at radius 2 is 1.79 bits per heavy atom. The molecule has 0 aliphatic carbocycles. The summed E-state index contributed by atoms with van der Waals surface area (Å²) in [7, 11) is 4.08. The number of benzene rings is 2. The van der Waals surface area contributed by atoms with Crippen molar-refractivity contribution in [1.29, 1.82) is 0 Å². The molecule has 1 heterocycles. The average molecular weight is 339 g/mol. The molecule has 24 heavy (non-hydrogen) atoms. The first-order valence-electron chi connectivity index (χ1n) is 7.75. The molecule has 1 aliphatic rings. The number of fused-ring (bicyclic) bond motifs is 1. The highest BCUT2D eigenvalue weighted by molar-refractivity contribution is 8.03. The Balaban J connectivity index is 1.67. The number of allylic oxidation sites excluding steroid dienone is 1. The van der Waals surface area contributed by atoms with E-state index in [4.69, 9.17) is 9.47 Å². The van der Waals surface area contributed by atoms with Gasteiger partial charge in [0, 0.05) is 29.6 Å². The van der Waals surface area contributed by atoms with Crippen LogP contribution in [0.2, 0.25) is 0 Å². The van der Waals surface area contributed by atoms with Gasteiger partial charge in [0.25, 0.3) is 0 Å². The van der Waals surface area contributed by atoms with E-state index in [-0.39, 0.29) is 0 Å². The second-order valence-electron chi connectivity index (χ2n) is 5.86. The first-order valence-corrected chi connectivity index (χ1v) is 8.57. The first kappa shape index (κ1) is 16.5. The van der Waals surface area contributed by atoms with Gasteiger partial charge in [-0.1, -0.05) is 36.5 Å². The van der Waals surface area contributed by atoms with Crippen molar-refractivity contribution >= 4 is 23.5 Å². The van der Waals surface area contributed by atoms with Crippen LogP contribution in [0.25, 0.3) is 6.08 Å². The second-order valence-corrected chi connectivity index (χ2v) is 7.03. The van der Waals surface area contributed by atoms with Crippen LogP contribution < -0.4 is 14.4 Å². The molecule has 0 spiro atoms. The minimum atomic E-state index is 0.298. The zero-order valence-corrected chi connectivity index (χ0v) is 15.0. The minimum Gasteiger partial charge on any atom is -0.454 e. The van der Waals surface area contributed by atoms with E-state index >= 15 is 0 Å². The molecule has 0 bridgehead atoms. The smallest absolute Gasteiger partial charge is 0.231 e. The van der Waals surface area contributed by atoms with Gasteiger partial charge in [0.2, 0.25) is 6.79 Å². The van der Waals surface area contributed by atoms with Crippen molar-refractivity contribution in [3.63, 3.8) is 0 Å². The van der Waals surface area contributed by atoms with Gasteiger partial charge in [-0.05, 0) is 48.4 Å². The number of rotatable bonds is 5. The molecule has 4 heteroatoms. The summed E-state index contributed by atoms with van der Waals surface area (Å²) in [5.74, 6) is 1.62. The summed E-state index contributed by atoms with van der Waals surface area (Å²) in [5.41, 5.74) is 3.51. The Bertz CT molecular complexity index is 779. The van der Waals surface area contributed by atoms with Gasteiger partial charge in [-0.25, -0.2) is 0 Å². The molecule has 3 nitrogen and oxygen atoms in total. The molecule has 124 valence electrons. The SMILES string of the molecule is C=C(/C=C/c1ccc(N(C)C)cc1)Sc1cc2c(cc1C)OCO2. The molecule has 0 saturated carbocycles. The molecular weight excluding hydrogens is 318 g/mol. The maximum absolute atomic E-state index is 5.45. The van der Waals surface area contributed by atoms with Crippen LogP contribution in [-0.2, 0) is 0 Å². The van der Waals surface area contributed by atoms with Crippen LogP contribution in [-0.4, -0.2) is 20.9 Å². The van der Waals surface area contributed by atoms with E-state index in [1.54, 1.807) is 11.8 Å². The molecule has 0 amide bonds. The van der Waals surface area contributed by atoms with E-state index in [1.807, 2.05) is 32.3 Å². The highest BCUT2D eigenvalue weighted by Crippen LogP contribution is 2.40. The molecule has 0 radical (unpaired) electrons. The molecule has 3 rings (SSSR count). The molecule has 2 aromatic carbocycles. The van der Waals surface area contributed by atoms with Gasteiger partial charge in [-0.2, -0.15) is 0 Å². The third kappa shape index (κ3) is 3.77. The van der Waals surface area contributed by atoms with Crippen LogP contribution in [0.5, 0.6) is 11.5 Å². The van der Waals surface area contributed by atoms with E-state index in [0.717, 1.165) is 32.4 Å². The first-order chi connectivity index (χ1) is 11.5. The lowest BCUT2D eigenvalue weighted by molar-refractivity contribution is 0.174.